The van der Waals surface area contributed by atoms with Crippen LogP contribution < -0.4 is 15.5 Å². The molecular formula is C23H27FN8O. The summed E-state index contributed by atoms with van der Waals surface area (Å²) in [6.07, 6.45) is 9.50. The number of halogens is 1. The van der Waals surface area contributed by atoms with E-state index in [2.05, 4.69) is 34.4 Å². The fourth-order valence-electron chi connectivity index (χ4n) is 4.41. The van der Waals surface area contributed by atoms with E-state index in [4.69, 9.17) is 9.97 Å². The Morgan fingerprint density at radius 3 is 2.82 bits per heavy atom. The van der Waals surface area contributed by atoms with Crippen LogP contribution in [0.4, 0.5) is 27.7 Å². The number of imidazole rings is 1. The highest BCUT2D eigenvalue weighted by Gasteiger charge is 2.34. The van der Waals surface area contributed by atoms with Crippen LogP contribution in [0.3, 0.4) is 0 Å². The first kappa shape index (κ1) is 21.3. The van der Waals surface area contributed by atoms with Crippen LogP contribution in [0.25, 0.3) is 0 Å². The molecule has 33 heavy (non-hydrogen) atoms. The third-order valence-electron chi connectivity index (χ3n) is 6.17. The van der Waals surface area contributed by atoms with Crippen LogP contribution in [-0.4, -0.2) is 43.0 Å². The van der Waals surface area contributed by atoms with Crippen molar-refractivity contribution in [2.24, 2.45) is 0 Å². The van der Waals surface area contributed by atoms with E-state index < -0.39 is 12.0 Å². The van der Waals surface area contributed by atoms with Gasteiger partial charge in [0.2, 0.25) is 17.8 Å². The summed E-state index contributed by atoms with van der Waals surface area (Å²) in [6, 6.07) is 2.65. The molecule has 1 atom stereocenters. The van der Waals surface area contributed by atoms with Crippen molar-refractivity contribution in [2.45, 2.75) is 58.0 Å². The summed E-state index contributed by atoms with van der Waals surface area (Å²) in [5.41, 5.74) is 2.61. The summed E-state index contributed by atoms with van der Waals surface area (Å²) in [5.74, 6) is 1.30. The molecule has 0 bridgehead atoms. The van der Waals surface area contributed by atoms with Crippen molar-refractivity contribution >= 4 is 29.2 Å². The fourth-order valence-corrected chi connectivity index (χ4v) is 4.41. The number of fused-ring (bicyclic) bond motifs is 1. The molecule has 2 N–H and O–H groups in total. The van der Waals surface area contributed by atoms with Crippen molar-refractivity contribution in [2.75, 3.05) is 22.1 Å². The highest BCUT2D eigenvalue weighted by atomic mass is 19.1. The Balaban J connectivity index is 1.40. The van der Waals surface area contributed by atoms with E-state index in [1.165, 1.54) is 18.3 Å². The molecule has 0 aromatic carbocycles. The quantitative estimate of drug-likeness (QED) is 0.553. The smallest absolute Gasteiger partial charge is 0.247 e. The van der Waals surface area contributed by atoms with Gasteiger partial charge in [-0.3, -0.25) is 4.79 Å². The number of rotatable bonds is 6. The van der Waals surface area contributed by atoms with E-state index in [9.17, 15) is 9.18 Å². The van der Waals surface area contributed by atoms with Crippen molar-refractivity contribution in [3.8, 4) is 0 Å². The summed E-state index contributed by atoms with van der Waals surface area (Å²) >= 11 is 0. The maximum absolute atomic E-state index is 13.1. The number of aryl methyl sites for hydroxylation is 1. The van der Waals surface area contributed by atoms with E-state index in [0.717, 1.165) is 48.6 Å². The summed E-state index contributed by atoms with van der Waals surface area (Å²) in [7, 11) is 0. The van der Waals surface area contributed by atoms with Crippen molar-refractivity contribution in [1.29, 1.82) is 0 Å². The molecule has 0 radical (unpaired) electrons. The summed E-state index contributed by atoms with van der Waals surface area (Å²) in [4.78, 5) is 32.7. The zero-order chi connectivity index (χ0) is 22.9. The molecule has 1 aliphatic heterocycles. The van der Waals surface area contributed by atoms with Crippen LogP contribution in [0.5, 0.6) is 0 Å². The number of carbonyl (C=O) groups excluding carboxylic acids is 1. The van der Waals surface area contributed by atoms with E-state index in [1.807, 2.05) is 15.7 Å². The standard InChI is InChI=1S/C23H27FN8O/c1-14(2)31-12-20(26-13-31)29-21-16-5-3-6-17(16)28-23(30-21)32-10-4-7-18(32)22(33)27-15-8-9-19(24)25-11-15/h8-9,11-14,18H,3-7,10H2,1-2H3,(H,27,33)(H,28,29,30)/t18-/m1/s1. The monoisotopic (exact) mass is 450 g/mol. The fraction of sp³-hybridized carbons (Fsp3) is 0.435. The molecular weight excluding hydrogens is 423 g/mol. The minimum Gasteiger partial charge on any atom is -0.333 e. The van der Waals surface area contributed by atoms with Gasteiger partial charge in [-0.1, -0.05) is 0 Å². The van der Waals surface area contributed by atoms with E-state index >= 15 is 0 Å². The predicted molar refractivity (Wildman–Crippen MR) is 123 cm³/mol. The van der Waals surface area contributed by atoms with E-state index in [0.29, 0.717) is 30.6 Å². The predicted octanol–water partition coefficient (Wildman–Crippen LogP) is 3.63. The maximum Gasteiger partial charge on any atom is 0.247 e. The van der Waals surface area contributed by atoms with Crippen LogP contribution >= 0.6 is 0 Å². The molecule has 4 heterocycles. The number of nitrogens with one attached hydrogen (secondary N) is 2. The molecule has 3 aromatic rings. The lowest BCUT2D eigenvalue weighted by Crippen LogP contribution is -2.40. The highest BCUT2D eigenvalue weighted by Crippen LogP contribution is 2.32. The normalized spacial score (nSPS) is 17.5. The lowest BCUT2D eigenvalue weighted by molar-refractivity contribution is -0.117. The van der Waals surface area contributed by atoms with Gasteiger partial charge in [-0.2, -0.15) is 9.37 Å². The van der Waals surface area contributed by atoms with Gasteiger partial charge in [-0.05, 0) is 58.1 Å². The molecule has 5 rings (SSSR count). The Hall–Kier alpha value is -3.56. The number of amides is 1. The molecule has 0 spiro atoms. The topological polar surface area (TPSA) is 101 Å². The van der Waals surface area contributed by atoms with Crippen molar-refractivity contribution in [3.63, 3.8) is 0 Å². The van der Waals surface area contributed by atoms with Gasteiger partial charge in [-0.15, -0.1) is 0 Å². The molecule has 172 valence electrons. The molecule has 3 aromatic heterocycles. The highest BCUT2D eigenvalue weighted by molar-refractivity contribution is 5.96. The first-order valence-electron chi connectivity index (χ1n) is 11.4. The molecule has 9 nitrogen and oxygen atoms in total. The molecule has 1 saturated heterocycles. The van der Waals surface area contributed by atoms with E-state index in [1.54, 1.807) is 6.33 Å². The Bertz CT molecular complexity index is 1160. The number of hydrogen-bond donors (Lipinski definition) is 2. The number of pyridine rings is 1. The zero-order valence-corrected chi connectivity index (χ0v) is 18.8. The first-order valence-corrected chi connectivity index (χ1v) is 11.4. The number of hydrogen-bond acceptors (Lipinski definition) is 7. The maximum atomic E-state index is 13.1. The molecule has 2 aliphatic rings. The Kier molecular flexibility index (Phi) is 5.65. The second-order valence-electron chi connectivity index (χ2n) is 8.79. The minimum atomic E-state index is -0.583. The lowest BCUT2D eigenvalue weighted by Gasteiger charge is -2.25. The van der Waals surface area contributed by atoms with Crippen molar-refractivity contribution in [3.05, 3.63) is 48.1 Å². The SMILES string of the molecule is CC(C)n1cnc(Nc2nc(N3CCC[C@@H]3C(=O)Nc3ccc(F)nc3)nc3c2CCC3)c1. The zero-order valence-electron chi connectivity index (χ0n) is 18.8. The molecule has 10 heteroatoms. The number of carbonyl (C=O) groups is 1. The van der Waals surface area contributed by atoms with Gasteiger partial charge >= 0.3 is 0 Å². The summed E-state index contributed by atoms with van der Waals surface area (Å²) < 4.78 is 15.1. The third-order valence-corrected chi connectivity index (χ3v) is 6.17. The van der Waals surface area contributed by atoms with Gasteiger partial charge in [0.25, 0.3) is 0 Å². The van der Waals surface area contributed by atoms with Gasteiger partial charge in [0.15, 0.2) is 0 Å². The molecule has 0 saturated carbocycles. The third kappa shape index (κ3) is 4.37. The average molecular weight is 451 g/mol. The molecule has 0 unspecified atom stereocenters. The largest absolute Gasteiger partial charge is 0.333 e. The second kappa shape index (κ2) is 8.76. The van der Waals surface area contributed by atoms with Crippen LogP contribution in [0.1, 0.15) is 50.4 Å². The van der Waals surface area contributed by atoms with Crippen LogP contribution in [0.2, 0.25) is 0 Å². The average Bonchev–Trinajstić information content (AvgIpc) is 3.55. The van der Waals surface area contributed by atoms with E-state index in [-0.39, 0.29) is 5.91 Å². The van der Waals surface area contributed by atoms with Gasteiger partial charge in [0.1, 0.15) is 17.7 Å². The van der Waals surface area contributed by atoms with Crippen molar-refractivity contribution < 1.29 is 9.18 Å². The Morgan fingerprint density at radius 1 is 1.18 bits per heavy atom. The van der Waals surface area contributed by atoms with Gasteiger partial charge in [0, 0.05) is 24.3 Å². The van der Waals surface area contributed by atoms with Gasteiger partial charge in [0.05, 0.1) is 23.9 Å². The number of nitrogens with zero attached hydrogens (tertiary/aromatic N) is 6. The second-order valence-corrected chi connectivity index (χ2v) is 8.79. The molecule has 1 fully saturated rings. The Labute approximate surface area is 191 Å². The lowest BCUT2D eigenvalue weighted by atomic mass is 10.2. The minimum absolute atomic E-state index is 0.171. The number of aromatic nitrogens is 5. The molecule has 1 amide bonds. The summed E-state index contributed by atoms with van der Waals surface area (Å²) in [5, 5.41) is 6.22. The van der Waals surface area contributed by atoms with Crippen molar-refractivity contribution in [1.82, 2.24) is 24.5 Å². The Morgan fingerprint density at radius 2 is 2.06 bits per heavy atom. The summed E-state index contributed by atoms with van der Waals surface area (Å²) in [6.45, 7) is 4.90. The van der Waals surface area contributed by atoms with Crippen LogP contribution in [0, 0.1) is 5.95 Å². The van der Waals surface area contributed by atoms with Crippen LogP contribution in [-0.2, 0) is 17.6 Å². The van der Waals surface area contributed by atoms with Gasteiger partial charge < -0.3 is 20.1 Å². The van der Waals surface area contributed by atoms with Crippen LogP contribution in [0.15, 0.2) is 30.9 Å². The molecule has 1 aliphatic carbocycles. The number of anilines is 4. The van der Waals surface area contributed by atoms with Gasteiger partial charge in [-0.25, -0.2) is 15.0 Å². The first-order chi connectivity index (χ1) is 16.0.